The standard InChI is InChI=1S/C27H30N6O2S/c1-18-15-33(16-19(2)35-18)24-9-7-20(8-10-24)26(34)29-22-6-4-5-21(13-22)25-17-36-27(30-25)28-14-23-11-12-32(3)31-23/h4-13,17-19H,14-16H2,1-3H3,(H,28,30)(H,29,34)/t18-,19+. The normalized spacial score (nSPS) is 17.7. The number of carbonyl (C=O) groups excluding carboxylic acids is 1. The first kappa shape index (κ1) is 24.0. The first-order chi connectivity index (χ1) is 17.4. The number of thiazole rings is 1. The number of hydrogen-bond acceptors (Lipinski definition) is 7. The van der Waals surface area contributed by atoms with Gasteiger partial charge >= 0.3 is 0 Å². The largest absolute Gasteiger partial charge is 0.372 e. The summed E-state index contributed by atoms with van der Waals surface area (Å²) in [5.41, 5.74) is 5.22. The minimum Gasteiger partial charge on any atom is -0.372 e. The second-order valence-corrected chi connectivity index (χ2v) is 9.97. The Morgan fingerprint density at radius 3 is 2.61 bits per heavy atom. The van der Waals surface area contributed by atoms with Gasteiger partial charge in [0, 0.05) is 54.2 Å². The van der Waals surface area contributed by atoms with Crippen molar-refractivity contribution in [2.45, 2.75) is 32.6 Å². The minimum absolute atomic E-state index is 0.140. The van der Waals surface area contributed by atoms with E-state index in [-0.39, 0.29) is 18.1 Å². The molecule has 0 bridgehead atoms. The van der Waals surface area contributed by atoms with Crippen molar-refractivity contribution in [3.63, 3.8) is 0 Å². The van der Waals surface area contributed by atoms with Gasteiger partial charge in [-0.25, -0.2) is 4.98 Å². The fourth-order valence-electron chi connectivity index (χ4n) is 4.38. The molecule has 1 aliphatic rings. The zero-order chi connectivity index (χ0) is 25.1. The fraction of sp³-hybridized carbons (Fsp3) is 0.296. The van der Waals surface area contributed by atoms with Gasteiger partial charge in [-0.3, -0.25) is 9.48 Å². The third kappa shape index (κ3) is 5.75. The maximum Gasteiger partial charge on any atom is 0.255 e. The molecule has 1 aliphatic heterocycles. The quantitative estimate of drug-likeness (QED) is 0.369. The molecular formula is C27H30N6O2S. The Labute approximate surface area is 214 Å². The molecule has 1 fully saturated rings. The number of amides is 1. The lowest BCUT2D eigenvalue weighted by molar-refractivity contribution is -0.00522. The Morgan fingerprint density at radius 2 is 1.89 bits per heavy atom. The molecule has 0 unspecified atom stereocenters. The van der Waals surface area contributed by atoms with Gasteiger partial charge < -0.3 is 20.3 Å². The summed E-state index contributed by atoms with van der Waals surface area (Å²) in [4.78, 5) is 19.9. The highest BCUT2D eigenvalue weighted by Gasteiger charge is 2.22. The number of nitrogens with zero attached hydrogens (tertiary/aromatic N) is 4. The van der Waals surface area contributed by atoms with Crippen molar-refractivity contribution in [1.29, 1.82) is 0 Å². The molecule has 186 valence electrons. The van der Waals surface area contributed by atoms with Crippen LogP contribution in [0.5, 0.6) is 0 Å². The summed E-state index contributed by atoms with van der Waals surface area (Å²) >= 11 is 1.54. The summed E-state index contributed by atoms with van der Waals surface area (Å²) in [5.74, 6) is -0.140. The predicted molar refractivity (Wildman–Crippen MR) is 145 cm³/mol. The summed E-state index contributed by atoms with van der Waals surface area (Å²) in [7, 11) is 1.90. The summed E-state index contributed by atoms with van der Waals surface area (Å²) in [6.07, 6.45) is 2.30. The van der Waals surface area contributed by atoms with E-state index in [0.29, 0.717) is 12.1 Å². The van der Waals surface area contributed by atoms with E-state index in [2.05, 4.69) is 34.5 Å². The van der Waals surface area contributed by atoms with Gasteiger partial charge in [0.1, 0.15) is 0 Å². The summed E-state index contributed by atoms with van der Waals surface area (Å²) in [6, 6.07) is 17.5. The highest BCUT2D eigenvalue weighted by molar-refractivity contribution is 7.14. The topological polar surface area (TPSA) is 84.3 Å². The Morgan fingerprint density at radius 1 is 1.11 bits per heavy atom. The number of morpholine rings is 1. The lowest BCUT2D eigenvalue weighted by atomic mass is 10.1. The van der Waals surface area contributed by atoms with Crippen LogP contribution in [0.15, 0.2) is 66.2 Å². The van der Waals surface area contributed by atoms with Crippen molar-refractivity contribution in [3.05, 3.63) is 77.4 Å². The SMILES string of the molecule is C[C@@H]1CN(c2ccc(C(=O)Nc3cccc(-c4csc(NCc5ccn(C)n5)n4)c3)cc2)C[C@H](C)O1. The van der Waals surface area contributed by atoms with E-state index < -0.39 is 0 Å². The van der Waals surface area contributed by atoms with Crippen molar-refractivity contribution < 1.29 is 9.53 Å². The van der Waals surface area contributed by atoms with Crippen LogP contribution in [0.3, 0.4) is 0 Å². The smallest absolute Gasteiger partial charge is 0.255 e. The van der Waals surface area contributed by atoms with E-state index in [1.807, 2.05) is 73.2 Å². The van der Waals surface area contributed by atoms with Gasteiger partial charge in [0.15, 0.2) is 5.13 Å². The maximum atomic E-state index is 12.9. The van der Waals surface area contributed by atoms with Crippen LogP contribution in [0, 0.1) is 0 Å². The molecule has 0 saturated carbocycles. The lowest BCUT2D eigenvalue weighted by Crippen LogP contribution is -2.45. The van der Waals surface area contributed by atoms with Crippen molar-refractivity contribution >= 4 is 33.8 Å². The van der Waals surface area contributed by atoms with Crippen LogP contribution in [0.1, 0.15) is 29.9 Å². The van der Waals surface area contributed by atoms with Gasteiger partial charge in [-0.2, -0.15) is 5.10 Å². The second-order valence-electron chi connectivity index (χ2n) is 9.12. The number of benzene rings is 2. The number of ether oxygens (including phenoxy) is 1. The Kier molecular flexibility index (Phi) is 7.02. The molecule has 0 aliphatic carbocycles. The maximum absolute atomic E-state index is 12.9. The van der Waals surface area contributed by atoms with Crippen LogP contribution in [0.4, 0.5) is 16.5 Å². The lowest BCUT2D eigenvalue weighted by Gasteiger charge is -2.36. The van der Waals surface area contributed by atoms with Crippen LogP contribution < -0.4 is 15.5 Å². The number of anilines is 3. The van der Waals surface area contributed by atoms with E-state index in [9.17, 15) is 4.79 Å². The van der Waals surface area contributed by atoms with Crippen molar-refractivity contribution in [2.24, 2.45) is 7.05 Å². The average molecular weight is 503 g/mol. The molecule has 0 spiro atoms. The van der Waals surface area contributed by atoms with Crippen LogP contribution in [-0.4, -0.2) is 46.0 Å². The van der Waals surface area contributed by atoms with Gasteiger partial charge in [0.2, 0.25) is 0 Å². The molecule has 9 heteroatoms. The van der Waals surface area contributed by atoms with E-state index in [1.54, 1.807) is 16.0 Å². The van der Waals surface area contributed by atoms with Gasteiger partial charge in [-0.05, 0) is 56.3 Å². The van der Waals surface area contributed by atoms with Crippen LogP contribution in [0.2, 0.25) is 0 Å². The molecule has 4 aromatic rings. The molecule has 0 radical (unpaired) electrons. The molecule has 2 atom stereocenters. The van der Waals surface area contributed by atoms with Gasteiger partial charge in [-0.1, -0.05) is 12.1 Å². The van der Waals surface area contributed by atoms with Crippen molar-refractivity contribution in [2.75, 3.05) is 28.6 Å². The third-order valence-corrected chi connectivity index (χ3v) is 6.82. The number of hydrogen-bond donors (Lipinski definition) is 2. The molecular weight excluding hydrogens is 472 g/mol. The fourth-order valence-corrected chi connectivity index (χ4v) is 5.10. The number of carbonyl (C=O) groups is 1. The molecule has 2 aromatic heterocycles. The molecule has 1 saturated heterocycles. The van der Waals surface area contributed by atoms with E-state index >= 15 is 0 Å². The first-order valence-electron chi connectivity index (χ1n) is 12.0. The zero-order valence-corrected chi connectivity index (χ0v) is 21.5. The average Bonchev–Trinajstić information content (AvgIpc) is 3.51. The Hall–Kier alpha value is -3.69. The van der Waals surface area contributed by atoms with Crippen molar-refractivity contribution in [1.82, 2.24) is 14.8 Å². The van der Waals surface area contributed by atoms with Crippen LogP contribution in [0.25, 0.3) is 11.3 Å². The van der Waals surface area contributed by atoms with Crippen LogP contribution >= 0.6 is 11.3 Å². The van der Waals surface area contributed by atoms with Crippen LogP contribution in [-0.2, 0) is 18.3 Å². The monoisotopic (exact) mass is 502 g/mol. The number of aryl methyl sites for hydroxylation is 1. The van der Waals surface area contributed by atoms with E-state index in [4.69, 9.17) is 9.72 Å². The van der Waals surface area contributed by atoms with Gasteiger partial charge in [-0.15, -0.1) is 11.3 Å². The predicted octanol–water partition coefficient (Wildman–Crippen LogP) is 5.02. The molecule has 2 N–H and O–H groups in total. The summed E-state index contributed by atoms with van der Waals surface area (Å²) in [6.45, 7) is 6.49. The third-order valence-electron chi connectivity index (χ3n) is 6.02. The highest BCUT2D eigenvalue weighted by atomic mass is 32.1. The Balaban J connectivity index is 1.21. The van der Waals surface area contributed by atoms with Gasteiger partial charge in [0.05, 0.1) is 30.1 Å². The Bertz CT molecular complexity index is 1320. The van der Waals surface area contributed by atoms with Gasteiger partial charge in [0.25, 0.3) is 5.91 Å². The number of nitrogens with one attached hydrogen (secondary N) is 2. The number of aromatic nitrogens is 3. The number of rotatable bonds is 7. The zero-order valence-electron chi connectivity index (χ0n) is 20.6. The van der Waals surface area contributed by atoms with E-state index in [0.717, 1.165) is 46.5 Å². The molecule has 36 heavy (non-hydrogen) atoms. The molecule has 2 aromatic carbocycles. The van der Waals surface area contributed by atoms with E-state index in [1.165, 1.54) is 0 Å². The van der Waals surface area contributed by atoms with Crippen molar-refractivity contribution in [3.8, 4) is 11.3 Å². The molecule has 5 rings (SSSR count). The minimum atomic E-state index is -0.140. The molecule has 1 amide bonds. The molecule has 3 heterocycles. The summed E-state index contributed by atoms with van der Waals surface area (Å²) in [5, 5.41) is 13.5. The summed E-state index contributed by atoms with van der Waals surface area (Å²) < 4.78 is 7.61. The molecule has 8 nitrogen and oxygen atoms in total. The second kappa shape index (κ2) is 10.5. The highest BCUT2D eigenvalue weighted by Crippen LogP contribution is 2.27. The first-order valence-corrected chi connectivity index (χ1v) is 12.9.